The summed E-state index contributed by atoms with van der Waals surface area (Å²) in [6, 6.07) is 10.1. The van der Waals surface area contributed by atoms with Crippen LogP contribution in [0.25, 0.3) is 5.65 Å². The first-order valence-corrected chi connectivity index (χ1v) is 10.3. The van der Waals surface area contributed by atoms with Gasteiger partial charge >= 0.3 is 0 Å². The molecule has 0 radical (unpaired) electrons. The number of methoxy groups -OCH3 is 1. The number of hydrogen-bond donors (Lipinski definition) is 2. The fraction of sp³-hybridized carbons (Fsp3) is 0.476. The number of fused-ring (bicyclic) bond motifs is 1. The standard InChI is InChI=1S/C21H27N7O/c1-14(15-5-3-6-16(11-15)29-2)17-12-18-24-20(25-19(22)28(18)26-17)27-10-8-21(27)7-4-9-23-13-21/h3,5-6,11-12,14,23H,4,7-10,13H2,1-2H3,(H2,22,24,25)/t14-,21?/m0/s1. The minimum atomic E-state index is 0.0903. The quantitative estimate of drug-likeness (QED) is 0.702. The minimum Gasteiger partial charge on any atom is -0.497 e. The summed E-state index contributed by atoms with van der Waals surface area (Å²) in [4.78, 5) is 11.7. The lowest BCUT2D eigenvalue weighted by Crippen LogP contribution is -2.67. The first-order valence-electron chi connectivity index (χ1n) is 10.3. The summed E-state index contributed by atoms with van der Waals surface area (Å²) < 4.78 is 7.00. The molecule has 3 aromatic rings. The predicted octanol–water partition coefficient (Wildman–Crippen LogP) is 2.20. The van der Waals surface area contributed by atoms with Gasteiger partial charge in [-0.2, -0.15) is 19.6 Å². The maximum Gasteiger partial charge on any atom is 0.231 e. The Hall–Kier alpha value is -2.87. The molecule has 0 bridgehead atoms. The van der Waals surface area contributed by atoms with Gasteiger partial charge in [-0.05, 0) is 43.5 Å². The van der Waals surface area contributed by atoms with Crippen molar-refractivity contribution in [3.8, 4) is 5.75 Å². The minimum absolute atomic E-state index is 0.0903. The second-order valence-electron chi connectivity index (χ2n) is 8.13. The molecule has 2 aliphatic rings. The molecule has 2 atom stereocenters. The van der Waals surface area contributed by atoms with E-state index in [0.29, 0.717) is 11.9 Å². The molecule has 3 N–H and O–H groups in total. The highest BCUT2D eigenvalue weighted by Crippen LogP contribution is 2.39. The van der Waals surface area contributed by atoms with E-state index in [9.17, 15) is 0 Å². The first kappa shape index (κ1) is 18.2. The number of nitrogen functional groups attached to an aromatic ring is 1. The number of hydrogen-bond acceptors (Lipinski definition) is 7. The van der Waals surface area contributed by atoms with Crippen LogP contribution in [-0.2, 0) is 0 Å². The Morgan fingerprint density at radius 1 is 1.24 bits per heavy atom. The molecule has 2 aromatic heterocycles. The molecule has 5 rings (SSSR count). The lowest BCUT2D eigenvalue weighted by atomic mass is 9.79. The number of anilines is 2. The fourth-order valence-corrected chi connectivity index (χ4v) is 4.58. The van der Waals surface area contributed by atoms with Gasteiger partial charge in [0.25, 0.3) is 0 Å². The Bertz CT molecular complexity index is 1040. The third-order valence-electron chi connectivity index (χ3n) is 6.46. The SMILES string of the molecule is COc1cccc([C@H](C)c2cc3nc(N4CCC45CCCNC5)nc(N)n3n2)c1. The molecule has 152 valence electrons. The molecule has 2 fully saturated rings. The highest BCUT2D eigenvalue weighted by Gasteiger charge is 2.46. The van der Waals surface area contributed by atoms with E-state index >= 15 is 0 Å². The van der Waals surface area contributed by atoms with Gasteiger partial charge in [-0.3, -0.25) is 0 Å². The zero-order chi connectivity index (χ0) is 20.0. The van der Waals surface area contributed by atoms with Gasteiger partial charge in [-0.15, -0.1) is 0 Å². The average Bonchev–Trinajstić information content (AvgIpc) is 3.18. The monoisotopic (exact) mass is 393 g/mol. The highest BCUT2D eigenvalue weighted by molar-refractivity contribution is 5.53. The number of nitrogens with zero attached hydrogens (tertiary/aromatic N) is 5. The van der Waals surface area contributed by atoms with Crippen molar-refractivity contribution >= 4 is 17.5 Å². The van der Waals surface area contributed by atoms with Crippen molar-refractivity contribution in [2.24, 2.45) is 0 Å². The molecule has 1 aromatic carbocycles. The molecule has 2 aliphatic heterocycles. The number of nitrogens with one attached hydrogen (secondary N) is 1. The molecule has 2 saturated heterocycles. The van der Waals surface area contributed by atoms with Gasteiger partial charge in [-0.25, -0.2) is 0 Å². The van der Waals surface area contributed by atoms with E-state index in [1.165, 1.54) is 19.3 Å². The van der Waals surface area contributed by atoms with Crippen molar-refractivity contribution in [2.45, 2.75) is 37.6 Å². The maximum absolute atomic E-state index is 6.28. The van der Waals surface area contributed by atoms with Gasteiger partial charge in [0.2, 0.25) is 11.9 Å². The molecule has 0 aliphatic carbocycles. The van der Waals surface area contributed by atoms with Crippen molar-refractivity contribution in [1.82, 2.24) is 24.9 Å². The van der Waals surface area contributed by atoms with E-state index < -0.39 is 0 Å². The van der Waals surface area contributed by atoms with Crippen molar-refractivity contribution in [1.29, 1.82) is 0 Å². The van der Waals surface area contributed by atoms with E-state index in [2.05, 4.69) is 33.3 Å². The van der Waals surface area contributed by atoms with Crippen LogP contribution in [0.4, 0.5) is 11.9 Å². The Balaban J connectivity index is 1.48. The molecule has 8 heteroatoms. The fourth-order valence-electron chi connectivity index (χ4n) is 4.58. The van der Waals surface area contributed by atoms with Gasteiger partial charge in [0, 0.05) is 25.1 Å². The predicted molar refractivity (Wildman–Crippen MR) is 113 cm³/mol. The zero-order valence-electron chi connectivity index (χ0n) is 16.9. The molecule has 4 heterocycles. The van der Waals surface area contributed by atoms with Crippen LogP contribution in [-0.4, -0.2) is 51.9 Å². The van der Waals surface area contributed by atoms with Gasteiger partial charge in [0.1, 0.15) is 5.75 Å². The highest BCUT2D eigenvalue weighted by atomic mass is 16.5. The smallest absolute Gasteiger partial charge is 0.231 e. The molecule has 29 heavy (non-hydrogen) atoms. The van der Waals surface area contributed by atoms with E-state index in [1.807, 2.05) is 24.3 Å². The Morgan fingerprint density at radius 2 is 2.14 bits per heavy atom. The number of benzene rings is 1. The second kappa shape index (κ2) is 6.88. The molecule has 0 amide bonds. The van der Waals surface area contributed by atoms with Gasteiger partial charge in [0.05, 0.1) is 18.3 Å². The summed E-state index contributed by atoms with van der Waals surface area (Å²) in [5, 5.41) is 8.21. The van der Waals surface area contributed by atoms with Crippen molar-refractivity contribution in [3.05, 3.63) is 41.6 Å². The van der Waals surface area contributed by atoms with Crippen LogP contribution in [0.3, 0.4) is 0 Å². The van der Waals surface area contributed by atoms with Crippen LogP contribution in [0.1, 0.15) is 43.4 Å². The molecule has 8 nitrogen and oxygen atoms in total. The summed E-state index contributed by atoms with van der Waals surface area (Å²) in [6.07, 6.45) is 3.53. The van der Waals surface area contributed by atoms with E-state index in [0.717, 1.165) is 42.3 Å². The third kappa shape index (κ3) is 2.98. The number of aromatic nitrogens is 4. The maximum atomic E-state index is 6.28. The summed E-state index contributed by atoms with van der Waals surface area (Å²) in [5.74, 6) is 2.02. The van der Waals surface area contributed by atoms with E-state index in [-0.39, 0.29) is 11.5 Å². The lowest BCUT2D eigenvalue weighted by Gasteiger charge is -2.55. The van der Waals surface area contributed by atoms with Crippen molar-refractivity contribution in [3.63, 3.8) is 0 Å². The second-order valence-corrected chi connectivity index (χ2v) is 8.13. The van der Waals surface area contributed by atoms with Crippen LogP contribution in [0.2, 0.25) is 0 Å². The molecule has 1 unspecified atom stereocenters. The van der Waals surface area contributed by atoms with Crippen molar-refractivity contribution < 1.29 is 4.74 Å². The van der Waals surface area contributed by atoms with E-state index in [1.54, 1.807) is 11.6 Å². The average molecular weight is 393 g/mol. The third-order valence-corrected chi connectivity index (χ3v) is 6.46. The molecule has 0 saturated carbocycles. The zero-order valence-corrected chi connectivity index (χ0v) is 16.9. The van der Waals surface area contributed by atoms with Gasteiger partial charge in [-0.1, -0.05) is 19.1 Å². The van der Waals surface area contributed by atoms with Crippen LogP contribution in [0.5, 0.6) is 5.75 Å². The molecule has 1 spiro atoms. The number of piperidine rings is 1. The lowest BCUT2D eigenvalue weighted by molar-refractivity contribution is 0.208. The van der Waals surface area contributed by atoms with Crippen molar-refractivity contribution in [2.75, 3.05) is 37.4 Å². The van der Waals surface area contributed by atoms with Gasteiger partial charge in [0.15, 0.2) is 5.65 Å². The normalized spacial score (nSPS) is 22.6. The van der Waals surface area contributed by atoms with Crippen LogP contribution >= 0.6 is 0 Å². The number of rotatable bonds is 4. The number of nitrogens with two attached hydrogens (primary N) is 1. The largest absolute Gasteiger partial charge is 0.497 e. The number of ether oxygens (including phenoxy) is 1. The van der Waals surface area contributed by atoms with Crippen LogP contribution in [0.15, 0.2) is 30.3 Å². The summed E-state index contributed by atoms with van der Waals surface area (Å²) in [7, 11) is 1.68. The topological polar surface area (TPSA) is 93.6 Å². The van der Waals surface area contributed by atoms with Crippen LogP contribution < -0.4 is 20.7 Å². The first-order chi connectivity index (χ1) is 14.1. The Morgan fingerprint density at radius 3 is 2.86 bits per heavy atom. The van der Waals surface area contributed by atoms with E-state index in [4.69, 9.17) is 15.5 Å². The summed E-state index contributed by atoms with van der Waals surface area (Å²) in [6.45, 7) is 5.17. The molecular formula is C21H27N7O. The van der Waals surface area contributed by atoms with Gasteiger partial charge < -0.3 is 20.7 Å². The Labute approximate surface area is 170 Å². The summed E-state index contributed by atoms with van der Waals surface area (Å²) in [5.41, 5.74) is 9.20. The Kier molecular flexibility index (Phi) is 4.31. The summed E-state index contributed by atoms with van der Waals surface area (Å²) >= 11 is 0. The van der Waals surface area contributed by atoms with Crippen LogP contribution in [0, 0.1) is 0 Å². The molecular weight excluding hydrogens is 366 g/mol.